The number of thioether (sulfide) groups is 1. The molecule has 1 unspecified atom stereocenters. The zero-order valence-electron chi connectivity index (χ0n) is 16.2. The Morgan fingerprint density at radius 1 is 1.21 bits per heavy atom. The number of carbonyl (C=O) groups is 2. The second-order valence-corrected chi connectivity index (χ2v) is 8.43. The number of aryl methyl sites for hydroxylation is 1. The molecule has 3 amide bonds. The Labute approximate surface area is 172 Å². The molecule has 5 nitrogen and oxygen atoms in total. The third-order valence-corrected chi connectivity index (χ3v) is 6.67. The lowest BCUT2D eigenvalue weighted by Gasteiger charge is -2.33. The van der Waals surface area contributed by atoms with E-state index in [9.17, 15) is 18.4 Å². The van der Waals surface area contributed by atoms with Crippen LogP contribution in [0.15, 0.2) is 36.4 Å². The molecule has 0 radical (unpaired) electrons. The van der Waals surface area contributed by atoms with Gasteiger partial charge in [-0.3, -0.25) is 9.69 Å². The highest BCUT2D eigenvalue weighted by molar-refractivity contribution is 8.01. The minimum atomic E-state index is -1.14. The molecule has 1 N–H and O–H groups in total. The van der Waals surface area contributed by atoms with Crippen molar-refractivity contribution in [2.24, 2.45) is 0 Å². The number of hydrogen-bond donors (Lipinski definition) is 1. The van der Waals surface area contributed by atoms with E-state index >= 15 is 0 Å². The molecule has 1 saturated heterocycles. The van der Waals surface area contributed by atoms with Gasteiger partial charge in [0.05, 0.1) is 12.2 Å². The zero-order chi connectivity index (χ0) is 20.8. The molecule has 8 heteroatoms. The molecule has 2 aromatic rings. The predicted molar refractivity (Wildman–Crippen MR) is 109 cm³/mol. The van der Waals surface area contributed by atoms with Gasteiger partial charge >= 0.3 is 6.03 Å². The van der Waals surface area contributed by atoms with E-state index in [1.807, 2.05) is 32.0 Å². The van der Waals surface area contributed by atoms with Crippen molar-refractivity contribution >= 4 is 29.4 Å². The number of rotatable bonds is 3. The molecule has 0 aromatic heterocycles. The Hall–Kier alpha value is -2.61. The molecule has 0 aliphatic carbocycles. The highest BCUT2D eigenvalue weighted by atomic mass is 32.2. The summed E-state index contributed by atoms with van der Waals surface area (Å²) >= 11 is 1.43. The summed E-state index contributed by atoms with van der Waals surface area (Å²) in [6.45, 7) is 4.78. The lowest BCUT2D eigenvalue weighted by molar-refractivity contribution is -0.123. The molecule has 0 saturated carbocycles. The number of urea groups is 1. The lowest BCUT2D eigenvalue weighted by atomic mass is 10.0. The molecule has 2 aromatic carbocycles. The highest BCUT2D eigenvalue weighted by Crippen LogP contribution is 2.54. The van der Waals surface area contributed by atoms with Gasteiger partial charge in [-0.05, 0) is 37.6 Å². The van der Waals surface area contributed by atoms with Crippen molar-refractivity contribution in [1.29, 1.82) is 0 Å². The van der Waals surface area contributed by atoms with Crippen molar-refractivity contribution in [2.45, 2.75) is 25.3 Å². The van der Waals surface area contributed by atoms with Gasteiger partial charge < -0.3 is 10.2 Å². The van der Waals surface area contributed by atoms with E-state index in [2.05, 4.69) is 5.32 Å². The van der Waals surface area contributed by atoms with Gasteiger partial charge in [-0.2, -0.15) is 0 Å². The van der Waals surface area contributed by atoms with E-state index in [0.717, 1.165) is 23.3 Å². The summed E-state index contributed by atoms with van der Waals surface area (Å²) < 4.78 is 27.0. The maximum absolute atomic E-state index is 13.7. The van der Waals surface area contributed by atoms with E-state index in [1.165, 1.54) is 17.8 Å². The van der Waals surface area contributed by atoms with Crippen molar-refractivity contribution in [3.05, 3.63) is 64.7 Å². The largest absolute Gasteiger partial charge is 0.338 e. The third-order valence-electron chi connectivity index (χ3n) is 5.25. The number of fused-ring (bicyclic) bond motifs is 2. The van der Waals surface area contributed by atoms with Crippen molar-refractivity contribution in [1.82, 2.24) is 10.2 Å². The summed E-state index contributed by atoms with van der Waals surface area (Å²) in [6.07, 6.45) is 0. The fraction of sp³-hybridized carbons (Fsp3) is 0.333. The predicted octanol–water partition coefficient (Wildman–Crippen LogP) is 3.75. The van der Waals surface area contributed by atoms with Crippen molar-refractivity contribution in [2.75, 3.05) is 23.7 Å². The molecule has 4 rings (SSSR count). The minimum Gasteiger partial charge on any atom is -0.338 e. The molecular weight excluding hydrogens is 396 g/mol. The first-order valence-corrected chi connectivity index (χ1v) is 10.4. The number of nitrogens with zero attached hydrogens (tertiary/aromatic N) is 2. The van der Waals surface area contributed by atoms with Gasteiger partial charge in [-0.15, -0.1) is 11.8 Å². The van der Waals surface area contributed by atoms with E-state index in [1.54, 1.807) is 9.80 Å². The highest BCUT2D eigenvalue weighted by Gasteiger charge is 2.59. The topological polar surface area (TPSA) is 52.7 Å². The molecule has 2 aliphatic rings. The number of hydrogen-bond acceptors (Lipinski definition) is 3. The molecule has 0 bridgehead atoms. The van der Waals surface area contributed by atoms with Crippen molar-refractivity contribution < 1.29 is 18.4 Å². The maximum Gasteiger partial charge on any atom is 0.319 e. The van der Waals surface area contributed by atoms with Gasteiger partial charge in [-0.25, -0.2) is 13.6 Å². The monoisotopic (exact) mass is 417 g/mol. The van der Waals surface area contributed by atoms with E-state index < -0.39 is 16.5 Å². The van der Waals surface area contributed by atoms with E-state index in [-0.39, 0.29) is 18.5 Å². The van der Waals surface area contributed by atoms with Crippen LogP contribution in [0.3, 0.4) is 0 Å². The first kappa shape index (κ1) is 19.7. The third kappa shape index (κ3) is 3.06. The first-order valence-electron chi connectivity index (χ1n) is 9.45. The van der Waals surface area contributed by atoms with Crippen LogP contribution in [0, 0.1) is 18.6 Å². The Morgan fingerprint density at radius 2 is 2.00 bits per heavy atom. The second kappa shape index (κ2) is 7.33. The first-order chi connectivity index (χ1) is 13.9. The fourth-order valence-corrected chi connectivity index (χ4v) is 5.41. The Kier molecular flexibility index (Phi) is 4.98. The second-order valence-electron chi connectivity index (χ2n) is 7.14. The molecule has 1 fully saturated rings. The molecule has 2 heterocycles. The summed E-state index contributed by atoms with van der Waals surface area (Å²) in [6, 6.07) is 9.03. The number of halogens is 2. The van der Waals surface area contributed by atoms with Crippen molar-refractivity contribution in [3.63, 3.8) is 0 Å². The van der Waals surface area contributed by atoms with Gasteiger partial charge in [0.2, 0.25) is 0 Å². The fourth-order valence-electron chi connectivity index (χ4n) is 3.95. The average molecular weight is 417 g/mol. The van der Waals surface area contributed by atoms with Crippen LogP contribution < -0.4 is 10.2 Å². The summed E-state index contributed by atoms with van der Waals surface area (Å²) in [5.41, 5.74) is 2.91. The van der Waals surface area contributed by atoms with E-state index in [0.29, 0.717) is 30.1 Å². The van der Waals surface area contributed by atoms with Gasteiger partial charge in [0, 0.05) is 24.4 Å². The Morgan fingerprint density at radius 3 is 2.72 bits per heavy atom. The molecular formula is C21H21F2N3O2S. The number of nitrogens with one attached hydrogen (secondary N) is 1. The molecule has 2 aliphatic heterocycles. The van der Waals surface area contributed by atoms with Crippen molar-refractivity contribution in [3.8, 4) is 0 Å². The van der Waals surface area contributed by atoms with E-state index in [4.69, 9.17) is 0 Å². The van der Waals surface area contributed by atoms with Crippen LogP contribution in [0.1, 0.15) is 23.6 Å². The molecule has 1 spiro atoms. The van der Waals surface area contributed by atoms with Crippen LogP contribution in [0.5, 0.6) is 0 Å². The van der Waals surface area contributed by atoms with Gasteiger partial charge in [0.25, 0.3) is 5.91 Å². The minimum absolute atomic E-state index is 0.0949. The Bertz CT molecular complexity index is 1000. The summed E-state index contributed by atoms with van der Waals surface area (Å²) in [7, 11) is 0. The summed E-state index contributed by atoms with van der Waals surface area (Å²) in [5.74, 6) is -1.48. The molecule has 29 heavy (non-hydrogen) atoms. The quantitative estimate of drug-likeness (QED) is 0.828. The maximum atomic E-state index is 13.7. The number of carbonyl (C=O) groups excluding carboxylic acids is 2. The van der Waals surface area contributed by atoms with Crippen LogP contribution in [-0.2, 0) is 16.2 Å². The summed E-state index contributed by atoms with van der Waals surface area (Å²) in [5, 5.41) is 2.79. The Balaban J connectivity index is 1.79. The van der Waals surface area contributed by atoms with Gasteiger partial charge in [0.15, 0.2) is 16.5 Å². The van der Waals surface area contributed by atoms with Crippen LogP contribution in [0.2, 0.25) is 0 Å². The van der Waals surface area contributed by atoms with Gasteiger partial charge in [-0.1, -0.05) is 23.8 Å². The zero-order valence-corrected chi connectivity index (χ0v) is 17.0. The summed E-state index contributed by atoms with van der Waals surface area (Å²) in [4.78, 5) is 28.4. The van der Waals surface area contributed by atoms with Crippen LogP contribution in [0.25, 0.3) is 0 Å². The SMILES string of the molecule is CCNC(=O)N1CCSC12C(=O)N(Cc1ccc(F)c(F)c1)c1ccc(C)cc12. The number of benzene rings is 2. The lowest BCUT2D eigenvalue weighted by Crippen LogP contribution is -2.53. The van der Waals surface area contributed by atoms with Crippen LogP contribution >= 0.6 is 11.8 Å². The average Bonchev–Trinajstić information content (AvgIpc) is 3.22. The molecule has 1 atom stereocenters. The standard InChI is InChI=1S/C21H21F2N3O2S/c1-3-24-20(28)26-8-9-29-21(26)15-10-13(2)4-7-18(15)25(19(21)27)12-14-5-6-16(22)17(23)11-14/h4-7,10-11H,3,8-9,12H2,1-2H3,(H,24,28). The van der Waals surface area contributed by atoms with Gasteiger partial charge in [0.1, 0.15) is 0 Å². The normalized spacial score (nSPS) is 20.5. The number of amides is 3. The smallest absolute Gasteiger partial charge is 0.319 e. The van der Waals surface area contributed by atoms with Crippen LogP contribution in [-0.4, -0.2) is 35.7 Å². The number of anilines is 1. The molecule has 152 valence electrons. The van der Waals surface area contributed by atoms with Crippen LogP contribution in [0.4, 0.5) is 19.3 Å².